The van der Waals surface area contributed by atoms with E-state index < -0.39 is 0 Å². The Labute approximate surface area is 121 Å². The van der Waals surface area contributed by atoms with Crippen molar-refractivity contribution in [3.05, 3.63) is 35.6 Å². The van der Waals surface area contributed by atoms with Gasteiger partial charge in [0.15, 0.2) is 0 Å². The molecule has 112 valence electrons. The highest BCUT2D eigenvalue weighted by Gasteiger charge is 2.28. The van der Waals surface area contributed by atoms with Gasteiger partial charge >= 0.3 is 0 Å². The average molecular weight is 279 g/mol. The van der Waals surface area contributed by atoms with E-state index in [1.54, 1.807) is 6.07 Å². The molecule has 1 aromatic rings. The smallest absolute Gasteiger partial charge is 0.128 e. The van der Waals surface area contributed by atoms with Gasteiger partial charge in [0.25, 0.3) is 0 Å². The van der Waals surface area contributed by atoms with E-state index in [2.05, 4.69) is 16.8 Å². The third-order valence-electron chi connectivity index (χ3n) is 4.37. The minimum atomic E-state index is -0.165. The second-order valence-corrected chi connectivity index (χ2v) is 6.04. The van der Waals surface area contributed by atoms with Crippen LogP contribution in [0.15, 0.2) is 24.3 Å². The normalized spacial score (nSPS) is 23.2. The molecule has 1 aliphatic rings. The number of benzene rings is 1. The van der Waals surface area contributed by atoms with Crippen molar-refractivity contribution in [2.45, 2.75) is 37.9 Å². The average Bonchev–Trinajstić information content (AvgIpc) is 2.77. The zero-order valence-corrected chi connectivity index (χ0v) is 12.7. The maximum atomic E-state index is 14.1. The van der Waals surface area contributed by atoms with Crippen molar-refractivity contribution in [1.29, 1.82) is 0 Å². The van der Waals surface area contributed by atoms with Gasteiger partial charge in [-0.1, -0.05) is 18.2 Å². The topological polar surface area (TPSA) is 32.5 Å². The van der Waals surface area contributed by atoms with E-state index in [0.717, 1.165) is 13.1 Å². The molecule has 3 nitrogen and oxygen atoms in total. The predicted octanol–water partition coefficient (Wildman–Crippen LogP) is 2.24. The number of rotatable bonds is 5. The molecule has 0 saturated carbocycles. The van der Waals surface area contributed by atoms with Crippen molar-refractivity contribution in [2.24, 2.45) is 5.73 Å². The van der Waals surface area contributed by atoms with Crippen LogP contribution < -0.4 is 5.73 Å². The van der Waals surface area contributed by atoms with Crippen LogP contribution in [0.3, 0.4) is 0 Å². The Balaban J connectivity index is 2.14. The summed E-state index contributed by atoms with van der Waals surface area (Å²) in [5.74, 6) is -0.165. The fourth-order valence-electron chi connectivity index (χ4n) is 3.29. The van der Waals surface area contributed by atoms with Gasteiger partial charge in [-0.25, -0.2) is 4.39 Å². The van der Waals surface area contributed by atoms with Gasteiger partial charge < -0.3 is 10.6 Å². The first-order chi connectivity index (χ1) is 9.50. The third kappa shape index (κ3) is 3.37. The molecule has 1 heterocycles. The summed E-state index contributed by atoms with van der Waals surface area (Å²) in [4.78, 5) is 4.59. The molecule has 0 radical (unpaired) electrons. The van der Waals surface area contributed by atoms with Gasteiger partial charge in [0, 0.05) is 24.2 Å². The molecule has 0 aromatic heterocycles. The zero-order valence-electron chi connectivity index (χ0n) is 12.7. The second kappa shape index (κ2) is 6.66. The van der Waals surface area contributed by atoms with Gasteiger partial charge in [0.1, 0.15) is 5.82 Å². The van der Waals surface area contributed by atoms with Crippen LogP contribution in [0.5, 0.6) is 0 Å². The van der Waals surface area contributed by atoms with Crippen LogP contribution in [0, 0.1) is 5.82 Å². The molecule has 1 fully saturated rings. The first-order valence-electron chi connectivity index (χ1n) is 7.41. The number of nitrogens with two attached hydrogens (primary N) is 1. The highest BCUT2D eigenvalue weighted by atomic mass is 19.1. The molecule has 3 unspecified atom stereocenters. The highest BCUT2D eigenvalue weighted by Crippen LogP contribution is 2.26. The Hall–Kier alpha value is -0.970. The lowest BCUT2D eigenvalue weighted by Crippen LogP contribution is -2.43. The van der Waals surface area contributed by atoms with Crippen LogP contribution in [0.4, 0.5) is 4.39 Å². The summed E-state index contributed by atoms with van der Waals surface area (Å²) in [6.45, 7) is 4.03. The highest BCUT2D eigenvalue weighted by molar-refractivity contribution is 5.22. The number of likely N-dealkylation sites (tertiary alicyclic amines) is 1. The van der Waals surface area contributed by atoms with E-state index in [0.29, 0.717) is 11.6 Å². The molecular weight excluding hydrogens is 253 g/mol. The van der Waals surface area contributed by atoms with E-state index in [9.17, 15) is 4.39 Å². The van der Waals surface area contributed by atoms with Crippen LogP contribution >= 0.6 is 0 Å². The summed E-state index contributed by atoms with van der Waals surface area (Å²) in [6.07, 6.45) is 2.46. The molecule has 1 aromatic carbocycles. The van der Waals surface area contributed by atoms with E-state index in [4.69, 9.17) is 5.73 Å². The minimum Gasteiger partial charge on any atom is -0.326 e. The Morgan fingerprint density at radius 2 is 2.15 bits per heavy atom. The monoisotopic (exact) mass is 279 g/mol. The van der Waals surface area contributed by atoms with Crippen molar-refractivity contribution in [1.82, 2.24) is 9.80 Å². The summed E-state index contributed by atoms with van der Waals surface area (Å²) in [5, 5.41) is 0. The maximum absolute atomic E-state index is 14.1. The Bertz CT molecular complexity index is 435. The lowest BCUT2D eigenvalue weighted by Gasteiger charge is -2.35. The van der Waals surface area contributed by atoms with Crippen molar-refractivity contribution >= 4 is 0 Å². The number of hydrogen-bond donors (Lipinski definition) is 1. The zero-order chi connectivity index (χ0) is 14.7. The molecule has 2 N–H and O–H groups in total. The molecule has 2 rings (SSSR count). The van der Waals surface area contributed by atoms with Gasteiger partial charge in [-0.15, -0.1) is 0 Å². The maximum Gasteiger partial charge on any atom is 0.128 e. The summed E-state index contributed by atoms with van der Waals surface area (Å²) in [5.41, 5.74) is 6.83. The van der Waals surface area contributed by atoms with Crippen LogP contribution in [0.2, 0.25) is 0 Å². The fourth-order valence-corrected chi connectivity index (χ4v) is 3.29. The van der Waals surface area contributed by atoms with E-state index >= 15 is 0 Å². The second-order valence-electron chi connectivity index (χ2n) is 6.04. The van der Waals surface area contributed by atoms with Crippen LogP contribution in [-0.2, 0) is 0 Å². The van der Waals surface area contributed by atoms with E-state index in [1.807, 2.05) is 26.1 Å². The summed E-state index contributed by atoms with van der Waals surface area (Å²) in [7, 11) is 4.21. The molecular formula is C16H26FN3. The first-order valence-corrected chi connectivity index (χ1v) is 7.41. The molecule has 4 heteroatoms. The van der Waals surface area contributed by atoms with E-state index in [1.165, 1.54) is 18.9 Å². The Kier molecular flexibility index (Phi) is 5.13. The van der Waals surface area contributed by atoms with Gasteiger partial charge in [0.2, 0.25) is 0 Å². The number of hydrogen-bond acceptors (Lipinski definition) is 3. The number of halogens is 1. The van der Waals surface area contributed by atoms with Crippen molar-refractivity contribution in [3.63, 3.8) is 0 Å². The Morgan fingerprint density at radius 3 is 2.70 bits per heavy atom. The lowest BCUT2D eigenvalue weighted by molar-refractivity contribution is 0.160. The molecule has 0 bridgehead atoms. The molecule has 1 saturated heterocycles. The largest absolute Gasteiger partial charge is 0.326 e. The van der Waals surface area contributed by atoms with Crippen LogP contribution in [0.1, 0.15) is 31.4 Å². The number of likely N-dealkylation sites (N-methyl/N-ethyl adjacent to an activating group) is 2. The van der Waals surface area contributed by atoms with Crippen LogP contribution in [0.25, 0.3) is 0 Å². The van der Waals surface area contributed by atoms with Gasteiger partial charge in [-0.3, -0.25) is 4.90 Å². The van der Waals surface area contributed by atoms with Gasteiger partial charge in [0.05, 0.1) is 6.04 Å². The van der Waals surface area contributed by atoms with Gasteiger partial charge in [-0.2, -0.15) is 0 Å². The molecule has 1 aliphatic heterocycles. The van der Waals surface area contributed by atoms with Crippen LogP contribution in [-0.4, -0.2) is 49.1 Å². The minimum absolute atomic E-state index is 0.0785. The van der Waals surface area contributed by atoms with Crippen molar-refractivity contribution in [3.8, 4) is 0 Å². The molecule has 0 amide bonds. The third-order valence-corrected chi connectivity index (χ3v) is 4.37. The SMILES string of the molecule is CC(N)C(c1ccccc1F)N(C)CC1CCCN1C. The van der Waals surface area contributed by atoms with Gasteiger partial charge in [-0.05, 0) is 46.5 Å². The van der Waals surface area contributed by atoms with Crippen molar-refractivity contribution in [2.75, 3.05) is 27.2 Å². The summed E-state index contributed by atoms with van der Waals surface area (Å²) >= 11 is 0. The first kappa shape index (κ1) is 15.4. The number of nitrogens with zero attached hydrogens (tertiary/aromatic N) is 2. The van der Waals surface area contributed by atoms with Crippen molar-refractivity contribution < 1.29 is 4.39 Å². The Morgan fingerprint density at radius 1 is 1.45 bits per heavy atom. The fraction of sp³-hybridized carbons (Fsp3) is 0.625. The lowest BCUT2D eigenvalue weighted by atomic mass is 9.98. The molecule has 0 aliphatic carbocycles. The molecule has 20 heavy (non-hydrogen) atoms. The standard InChI is InChI=1S/C16H26FN3/c1-12(18)16(14-8-4-5-9-15(14)17)20(3)11-13-7-6-10-19(13)2/h4-5,8-9,12-13,16H,6-7,10-11,18H2,1-3H3. The molecule has 3 atom stereocenters. The quantitative estimate of drug-likeness (QED) is 0.897. The summed E-state index contributed by atoms with van der Waals surface area (Å²) in [6, 6.07) is 7.32. The summed E-state index contributed by atoms with van der Waals surface area (Å²) < 4.78 is 14.1. The van der Waals surface area contributed by atoms with E-state index in [-0.39, 0.29) is 17.9 Å². The molecule has 0 spiro atoms. The predicted molar refractivity (Wildman–Crippen MR) is 81.1 cm³/mol.